The number of benzene rings is 1. The number of ether oxygens (including phenoxy) is 1. The van der Waals surface area contributed by atoms with Gasteiger partial charge in [0.05, 0.1) is 6.20 Å². The Hall–Kier alpha value is -2.34. The second-order valence-corrected chi connectivity index (χ2v) is 8.54. The van der Waals surface area contributed by atoms with E-state index in [9.17, 15) is 4.79 Å². The van der Waals surface area contributed by atoms with E-state index in [1.165, 1.54) is 17.7 Å². The molecule has 6 heteroatoms. The van der Waals surface area contributed by atoms with Gasteiger partial charge in [0.2, 0.25) is 0 Å². The number of anilines is 1. The molecule has 0 bridgehead atoms. The molecule has 0 spiro atoms. The van der Waals surface area contributed by atoms with Gasteiger partial charge in [0.15, 0.2) is 0 Å². The smallest absolute Gasteiger partial charge is 0.251 e. The molecule has 1 N–H and O–H groups in total. The highest BCUT2D eigenvalue weighted by Gasteiger charge is 2.24. The Labute approximate surface area is 194 Å². The Morgan fingerprint density at radius 1 is 1.19 bits per heavy atom. The number of hydrogen-bond acceptors (Lipinski definition) is 4. The molecule has 1 amide bonds. The highest BCUT2D eigenvalue weighted by atomic mass is 16.5. The number of carbonyl (C=O) groups is 1. The van der Waals surface area contributed by atoms with Crippen LogP contribution in [0.2, 0.25) is 0 Å². The van der Waals surface area contributed by atoms with E-state index in [0.717, 1.165) is 61.4 Å². The third-order valence-corrected chi connectivity index (χ3v) is 6.15. The van der Waals surface area contributed by atoms with Crippen molar-refractivity contribution in [2.75, 3.05) is 24.7 Å². The van der Waals surface area contributed by atoms with Crippen LogP contribution in [0.4, 0.5) is 5.69 Å². The molecular weight excluding hydrogens is 400 g/mol. The Morgan fingerprint density at radius 2 is 1.84 bits per heavy atom. The van der Waals surface area contributed by atoms with Crippen molar-refractivity contribution < 1.29 is 9.53 Å². The number of rotatable bonds is 7. The molecule has 0 aliphatic carbocycles. The number of hydrogen-bond donors (Lipinski definition) is 1. The lowest BCUT2D eigenvalue weighted by molar-refractivity contribution is 0.0845. The van der Waals surface area contributed by atoms with Gasteiger partial charge in [-0.15, -0.1) is 0 Å². The van der Waals surface area contributed by atoms with Crippen LogP contribution < -0.4 is 10.2 Å². The molecule has 0 unspecified atom stereocenters. The van der Waals surface area contributed by atoms with Gasteiger partial charge in [0.1, 0.15) is 0 Å². The molecule has 2 heterocycles. The summed E-state index contributed by atoms with van der Waals surface area (Å²) in [6.45, 7) is 15.7. The van der Waals surface area contributed by atoms with E-state index in [2.05, 4.69) is 56.0 Å². The van der Waals surface area contributed by atoms with Crippen LogP contribution in [0.25, 0.3) is 0 Å². The van der Waals surface area contributed by atoms with Crippen LogP contribution in [0, 0.1) is 13.8 Å². The molecule has 2 aromatic rings. The summed E-state index contributed by atoms with van der Waals surface area (Å²) < 4.78 is 7.38. The van der Waals surface area contributed by atoms with Crippen LogP contribution >= 0.6 is 0 Å². The highest BCUT2D eigenvalue weighted by molar-refractivity contribution is 5.97. The first kappa shape index (κ1) is 25.9. The normalized spacial score (nSPS) is 14.0. The summed E-state index contributed by atoms with van der Waals surface area (Å²) >= 11 is 0. The first-order valence-corrected chi connectivity index (χ1v) is 12.1. The van der Waals surface area contributed by atoms with Crippen LogP contribution in [0.15, 0.2) is 18.3 Å². The number of aryl methyl sites for hydroxylation is 2. The van der Waals surface area contributed by atoms with E-state index in [1.54, 1.807) is 0 Å². The Bertz CT molecular complexity index is 869. The molecular formula is C26H42N4O2. The molecule has 0 atom stereocenters. The number of amides is 1. The third kappa shape index (κ3) is 6.35. The summed E-state index contributed by atoms with van der Waals surface area (Å²) in [4.78, 5) is 15.5. The van der Waals surface area contributed by atoms with E-state index in [1.807, 2.05) is 30.9 Å². The fourth-order valence-corrected chi connectivity index (χ4v) is 4.11. The zero-order valence-corrected chi connectivity index (χ0v) is 21.1. The minimum atomic E-state index is -0.0228. The molecule has 1 saturated heterocycles. The van der Waals surface area contributed by atoms with E-state index in [4.69, 9.17) is 4.74 Å². The molecule has 1 aromatic carbocycles. The van der Waals surface area contributed by atoms with Crippen molar-refractivity contribution in [1.82, 2.24) is 15.1 Å². The molecule has 3 rings (SSSR count). The van der Waals surface area contributed by atoms with Crippen molar-refractivity contribution in [2.24, 2.45) is 7.05 Å². The predicted molar refractivity (Wildman–Crippen MR) is 132 cm³/mol. The van der Waals surface area contributed by atoms with Gasteiger partial charge in [-0.05, 0) is 63.3 Å². The molecule has 178 valence electrons. The molecule has 1 aromatic heterocycles. The summed E-state index contributed by atoms with van der Waals surface area (Å²) in [6, 6.07) is 4.77. The Balaban J connectivity index is 0.00000114. The fraction of sp³-hybridized carbons (Fsp3) is 0.615. The second kappa shape index (κ2) is 12.6. The summed E-state index contributed by atoms with van der Waals surface area (Å²) in [5, 5.41) is 7.35. The monoisotopic (exact) mass is 442 g/mol. The molecule has 6 nitrogen and oxygen atoms in total. The number of aromatic nitrogens is 2. The third-order valence-electron chi connectivity index (χ3n) is 6.15. The number of nitrogens with one attached hydrogen (secondary N) is 1. The van der Waals surface area contributed by atoms with Gasteiger partial charge >= 0.3 is 0 Å². The maximum Gasteiger partial charge on any atom is 0.251 e. The fourth-order valence-electron chi connectivity index (χ4n) is 4.11. The van der Waals surface area contributed by atoms with Crippen LogP contribution in [-0.4, -0.2) is 41.5 Å². The summed E-state index contributed by atoms with van der Waals surface area (Å²) in [5.41, 5.74) is 6.31. The van der Waals surface area contributed by atoms with E-state index in [-0.39, 0.29) is 5.91 Å². The molecule has 32 heavy (non-hydrogen) atoms. The number of carbonyl (C=O) groups excluding carboxylic acids is 1. The molecule has 1 aliphatic rings. The van der Waals surface area contributed by atoms with Crippen LogP contribution in [0.5, 0.6) is 0 Å². The van der Waals surface area contributed by atoms with E-state index < -0.39 is 0 Å². The first-order chi connectivity index (χ1) is 15.4. The average Bonchev–Trinajstić information content (AvgIpc) is 3.12. The molecule has 1 aliphatic heterocycles. The van der Waals surface area contributed by atoms with Crippen molar-refractivity contribution in [1.29, 1.82) is 0 Å². The maximum atomic E-state index is 13.1. The molecule has 0 radical (unpaired) electrons. The summed E-state index contributed by atoms with van der Waals surface area (Å²) in [5.74, 6) is -0.0228. The minimum Gasteiger partial charge on any atom is -0.381 e. The predicted octanol–water partition coefficient (Wildman–Crippen LogP) is 4.95. The summed E-state index contributed by atoms with van der Waals surface area (Å²) in [7, 11) is 1.91. The van der Waals surface area contributed by atoms with Crippen molar-refractivity contribution >= 4 is 11.6 Å². The average molecular weight is 443 g/mol. The SMILES string of the molecule is CCC.CCc1cc(C(=O)NCc2cnn(C)c2C)c(C)c(N(CC)C2CCOCC2)c1. The van der Waals surface area contributed by atoms with Crippen molar-refractivity contribution in [3.8, 4) is 0 Å². The first-order valence-electron chi connectivity index (χ1n) is 12.1. The van der Waals surface area contributed by atoms with Gasteiger partial charge in [0.25, 0.3) is 5.91 Å². The topological polar surface area (TPSA) is 59.4 Å². The maximum absolute atomic E-state index is 13.1. The quantitative estimate of drug-likeness (QED) is 0.659. The summed E-state index contributed by atoms with van der Waals surface area (Å²) in [6.07, 6.45) is 6.04. The Morgan fingerprint density at radius 3 is 2.38 bits per heavy atom. The van der Waals surface area contributed by atoms with Crippen molar-refractivity contribution in [3.63, 3.8) is 0 Å². The standard InChI is InChI=1S/C23H34N4O2.C3H8/c1-6-18-12-21(23(28)24-14-19-15-25-26(5)17(19)4)16(3)22(13-18)27(7-2)20-8-10-29-11-9-20;1-3-2/h12-13,15,20H,6-11,14H2,1-5H3,(H,24,28);3H2,1-2H3. The number of nitrogens with zero attached hydrogens (tertiary/aromatic N) is 3. The molecule has 0 saturated carbocycles. The lowest BCUT2D eigenvalue weighted by atomic mass is 9.97. The van der Waals surface area contributed by atoms with Gasteiger partial charge in [-0.1, -0.05) is 27.2 Å². The van der Waals surface area contributed by atoms with E-state index in [0.29, 0.717) is 12.6 Å². The van der Waals surface area contributed by atoms with Crippen LogP contribution in [0.1, 0.15) is 79.7 Å². The van der Waals surface area contributed by atoms with Crippen molar-refractivity contribution in [2.45, 2.75) is 79.8 Å². The minimum absolute atomic E-state index is 0.0228. The zero-order chi connectivity index (χ0) is 23.7. The van der Waals surface area contributed by atoms with Crippen LogP contribution in [-0.2, 0) is 24.8 Å². The largest absolute Gasteiger partial charge is 0.381 e. The van der Waals surface area contributed by atoms with Gasteiger partial charge in [-0.2, -0.15) is 5.10 Å². The van der Waals surface area contributed by atoms with Crippen LogP contribution in [0.3, 0.4) is 0 Å². The van der Waals surface area contributed by atoms with Crippen molar-refractivity contribution in [3.05, 3.63) is 46.3 Å². The second-order valence-electron chi connectivity index (χ2n) is 8.54. The zero-order valence-electron chi connectivity index (χ0n) is 21.1. The lowest BCUT2D eigenvalue weighted by Crippen LogP contribution is -2.40. The van der Waals surface area contributed by atoms with Gasteiger partial charge in [-0.3, -0.25) is 9.48 Å². The van der Waals surface area contributed by atoms with Gasteiger partial charge in [-0.25, -0.2) is 0 Å². The lowest BCUT2D eigenvalue weighted by Gasteiger charge is -2.37. The Kier molecular flexibility index (Phi) is 10.2. The van der Waals surface area contributed by atoms with Gasteiger partial charge in [0, 0.05) is 61.9 Å². The highest BCUT2D eigenvalue weighted by Crippen LogP contribution is 2.30. The van der Waals surface area contributed by atoms with Gasteiger partial charge < -0.3 is 15.0 Å². The van der Waals surface area contributed by atoms with E-state index >= 15 is 0 Å². The molecule has 1 fully saturated rings.